The molecule has 0 aliphatic carbocycles. The van der Waals surface area contributed by atoms with Crippen LogP contribution in [0.3, 0.4) is 0 Å². The highest BCUT2D eigenvalue weighted by atomic mass is 16.6. The highest BCUT2D eigenvalue weighted by Gasteiger charge is 2.23. The molecule has 0 amide bonds. The van der Waals surface area contributed by atoms with Crippen LogP contribution in [0.5, 0.6) is 0 Å². The van der Waals surface area contributed by atoms with Gasteiger partial charge >= 0.3 is 17.9 Å². The van der Waals surface area contributed by atoms with E-state index < -0.39 is 29.4 Å². The summed E-state index contributed by atoms with van der Waals surface area (Å²) in [6.07, 6.45) is 0.382. The topological polar surface area (TPSA) is 89.9 Å². The number of ether oxygens (including phenoxy) is 2. The molecule has 2 aromatic rings. The number of carbonyl (C=O) groups is 3. The molecule has 0 aliphatic heterocycles. The van der Waals surface area contributed by atoms with Crippen LogP contribution >= 0.6 is 0 Å². The standard InChI is InChI=1S/C24H28O6/c1-24(2,3)30-23(28)19-11-9-17(10-12-19)15-20(13-14-21(25)26)22(27)29-16-18-7-5-4-6-8-18/h4-12,20H,13-16H2,1-3H3,(H,25,26). The highest BCUT2D eigenvalue weighted by Crippen LogP contribution is 2.19. The number of carboxylic acid groups (broad SMARTS) is 1. The summed E-state index contributed by atoms with van der Waals surface area (Å²) in [6, 6.07) is 16.1. The van der Waals surface area contributed by atoms with E-state index in [-0.39, 0.29) is 19.4 Å². The Kier molecular flexibility index (Phi) is 8.16. The molecule has 0 heterocycles. The van der Waals surface area contributed by atoms with Gasteiger partial charge in [0.1, 0.15) is 12.2 Å². The zero-order chi connectivity index (χ0) is 22.1. The minimum absolute atomic E-state index is 0.124. The lowest BCUT2D eigenvalue weighted by Crippen LogP contribution is -2.24. The number of aliphatic carboxylic acids is 1. The van der Waals surface area contributed by atoms with Crippen molar-refractivity contribution in [3.63, 3.8) is 0 Å². The van der Waals surface area contributed by atoms with Crippen LogP contribution < -0.4 is 0 Å². The quantitative estimate of drug-likeness (QED) is 0.614. The van der Waals surface area contributed by atoms with Gasteiger partial charge in [-0.2, -0.15) is 0 Å². The minimum Gasteiger partial charge on any atom is -0.481 e. The van der Waals surface area contributed by atoms with E-state index >= 15 is 0 Å². The van der Waals surface area contributed by atoms with Crippen molar-refractivity contribution < 1.29 is 29.0 Å². The predicted molar refractivity (Wildman–Crippen MR) is 112 cm³/mol. The van der Waals surface area contributed by atoms with Gasteiger partial charge in [0.05, 0.1) is 11.5 Å². The maximum absolute atomic E-state index is 12.6. The molecule has 0 aromatic heterocycles. The van der Waals surface area contributed by atoms with Gasteiger partial charge in [0.2, 0.25) is 0 Å². The van der Waals surface area contributed by atoms with Gasteiger partial charge in [-0.3, -0.25) is 9.59 Å². The van der Waals surface area contributed by atoms with Gasteiger partial charge in [0, 0.05) is 6.42 Å². The molecule has 0 radical (unpaired) electrons. The zero-order valence-electron chi connectivity index (χ0n) is 17.6. The molecule has 30 heavy (non-hydrogen) atoms. The molecule has 0 aliphatic rings. The molecule has 0 bridgehead atoms. The third-order valence-electron chi connectivity index (χ3n) is 4.33. The van der Waals surface area contributed by atoms with Crippen molar-refractivity contribution in [2.24, 2.45) is 5.92 Å². The SMILES string of the molecule is CC(C)(C)OC(=O)c1ccc(CC(CCC(=O)O)C(=O)OCc2ccccc2)cc1. The molecule has 0 saturated heterocycles. The summed E-state index contributed by atoms with van der Waals surface area (Å²) in [5, 5.41) is 9.00. The largest absolute Gasteiger partial charge is 0.481 e. The summed E-state index contributed by atoms with van der Waals surface area (Å²) >= 11 is 0. The summed E-state index contributed by atoms with van der Waals surface area (Å²) in [4.78, 5) is 35.7. The average molecular weight is 412 g/mol. The molecule has 160 valence electrons. The number of rotatable bonds is 9. The van der Waals surface area contributed by atoms with Crippen LogP contribution in [0.2, 0.25) is 0 Å². The smallest absolute Gasteiger partial charge is 0.338 e. The van der Waals surface area contributed by atoms with E-state index in [4.69, 9.17) is 14.6 Å². The highest BCUT2D eigenvalue weighted by molar-refractivity contribution is 5.89. The Morgan fingerprint density at radius 1 is 0.933 bits per heavy atom. The number of esters is 2. The first-order valence-corrected chi connectivity index (χ1v) is 9.88. The minimum atomic E-state index is -0.962. The van der Waals surface area contributed by atoms with Crippen LogP contribution in [0.4, 0.5) is 0 Å². The maximum atomic E-state index is 12.6. The monoisotopic (exact) mass is 412 g/mol. The molecule has 1 N–H and O–H groups in total. The molecule has 1 unspecified atom stereocenters. The second-order valence-electron chi connectivity index (χ2n) is 8.13. The van der Waals surface area contributed by atoms with Crippen molar-refractivity contribution in [3.8, 4) is 0 Å². The van der Waals surface area contributed by atoms with E-state index in [0.29, 0.717) is 12.0 Å². The first-order valence-electron chi connectivity index (χ1n) is 9.88. The van der Waals surface area contributed by atoms with Gasteiger partial charge in [-0.25, -0.2) is 4.79 Å². The molecule has 0 saturated carbocycles. The third-order valence-corrected chi connectivity index (χ3v) is 4.33. The predicted octanol–water partition coefficient (Wildman–Crippen LogP) is 4.41. The van der Waals surface area contributed by atoms with Crippen LogP contribution in [0.25, 0.3) is 0 Å². The molecule has 2 rings (SSSR count). The average Bonchev–Trinajstić information content (AvgIpc) is 2.69. The summed E-state index contributed by atoms with van der Waals surface area (Å²) in [7, 11) is 0. The van der Waals surface area contributed by atoms with Gasteiger partial charge in [-0.05, 0) is 56.9 Å². The van der Waals surface area contributed by atoms with E-state index in [0.717, 1.165) is 11.1 Å². The van der Waals surface area contributed by atoms with Gasteiger partial charge < -0.3 is 14.6 Å². The molecular formula is C24H28O6. The molecular weight excluding hydrogens is 384 g/mol. The van der Waals surface area contributed by atoms with E-state index in [2.05, 4.69) is 0 Å². The Bertz CT molecular complexity index is 850. The Balaban J connectivity index is 2.03. The van der Waals surface area contributed by atoms with Crippen molar-refractivity contribution >= 4 is 17.9 Å². The fourth-order valence-electron chi connectivity index (χ4n) is 2.85. The zero-order valence-corrected chi connectivity index (χ0v) is 17.6. The molecule has 1 atom stereocenters. The molecule has 2 aromatic carbocycles. The van der Waals surface area contributed by atoms with Gasteiger partial charge in [-0.15, -0.1) is 0 Å². The van der Waals surface area contributed by atoms with E-state index in [1.807, 2.05) is 30.3 Å². The van der Waals surface area contributed by atoms with Gasteiger partial charge in [0.25, 0.3) is 0 Å². The van der Waals surface area contributed by atoms with Gasteiger partial charge in [0.15, 0.2) is 0 Å². The Labute approximate surface area is 176 Å². The van der Waals surface area contributed by atoms with Crippen molar-refractivity contribution in [2.45, 2.75) is 52.2 Å². The second-order valence-corrected chi connectivity index (χ2v) is 8.13. The Morgan fingerprint density at radius 3 is 2.13 bits per heavy atom. The van der Waals surface area contributed by atoms with Crippen molar-refractivity contribution in [1.29, 1.82) is 0 Å². The lowest BCUT2D eigenvalue weighted by atomic mass is 9.94. The van der Waals surface area contributed by atoms with E-state index in [1.165, 1.54) is 0 Å². The van der Waals surface area contributed by atoms with Gasteiger partial charge in [-0.1, -0.05) is 42.5 Å². The summed E-state index contributed by atoms with van der Waals surface area (Å²) in [5.41, 5.74) is 1.52. The third kappa shape index (κ3) is 8.07. The summed E-state index contributed by atoms with van der Waals surface area (Å²) < 4.78 is 10.7. The van der Waals surface area contributed by atoms with Crippen LogP contribution in [-0.4, -0.2) is 28.6 Å². The normalized spacial score (nSPS) is 12.1. The first kappa shape index (κ1) is 23.1. The summed E-state index contributed by atoms with van der Waals surface area (Å²) in [6.45, 7) is 5.54. The van der Waals surface area contributed by atoms with Crippen molar-refractivity contribution in [3.05, 3.63) is 71.3 Å². The van der Waals surface area contributed by atoms with Crippen LogP contribution in [0.1, 0.15) is 55.1 Å². The number of hydrogen-bond donors (Lipinski definition) is 1. The fraction of sp³-hybridized carbons (Fsp3) is 0.375. The molecule has 0 spiro atoms. The maximum Gasteiger partial charge on any atom is 0.338 e. The Morgan fingerprint density at radius 2 is 1.57 bits per heavy atom. The second kappa shape index (κ2) is 10.6. The molecule has 0 fully saturated rings. The van der Waals surface area contributed by atoms with Crippen molar-refractivity contribution in [2.75, 3.05) is 0 Å². The summed E-state index contributed by atoms with van der Waals surface area (Å²) in [5.74, 6) is -2.40. The lowest BCUT2D eigenvalue weighted by Gasteiger charge is -2.19. The van der Waals surface area contributed by atoms with Crippen LogP contribution in [-0.2, 0) is 32.1 Å². The number of hydrogen-bond acceptors (Lipinski definition) is 5. The molecule has 6 nitrogen and oxygen atoms in total. The van der Waals surface area contributed by atoms with Crippen LogP contribution in [0, 0.1) is 5.92 Å². The van der Waals surface area contributed by atoms with Crippen molar-refractivity contribution in [1.82, 2.24) is 0 Å². The van der Waals surface area contributed by atoms with E-state index in [1.54, 1.807) is 45.0 Å². The number of carbonyl (C=O) groups excluding carboxylic acids is 2. The number of carboxylic acids is 1. The first-order chi connectivity index (χ1) is 14.1. The fourth-order valence-corrected chi connectivity index (χ4v) is 2.85. The Hall–Kier alpha value is -3.15. The van der Waals surface area contributed by atoms with E-state index in [9.17, 15) is 14.4 Å². The van der Waals surface area contributed by atoms with Crippen LogP contribution in [0.15, 0.2) is 54.6 Å². The lowest BCUT2D eigenvalue weighted by molar-refractivity contribution is -0.150. The number of benzene rings is 2. The molecule has 6 heteroatoms.